The monoisotopic (exact) mass is 354 g/mol. The van der Waals surface area contributed by atoms with Gasteiger partial charge in [-0.05, 0) is 30.2 Å². The standard InChI is InChI=1S/C20H22N2O4/c1-3-18(15-8-5-4-6-9-15)20(25)26-13-19(24)22-17-11-7-10-16(12-17)21-14(2)23/h4-12,18H,3,13H2,1-2H3,(H,21,23)(H,22,24)/t18-/m1/s1. The molecule has 0 aliphatic heterocycles. The zero-order valence-electron chi connectivity index (χ0n) is 14.8. The van der Waals surface area contributed by atoms with Gasteiger partial charge in [-0.2, -0.15) is 0 Å². The smallest absolute Gasteiger partial charge is 0.313 e. The van der Waals surface area contributed by atoms with Crippen molar-refractivity contribution in [1.82, 2.24) is 0 Å². The van der Waals surface area contributed by atoms with E-state index in [2.05, 4.69) is 10.6 Å². The van der Waals surface area contributed by atoms with E-state index in [1.807, 2.05) is 37.3 Å². The predicted molar refractivity (Wildman–Crippen MR) is 99.8 cm³/mol. The lowest BCUT2D eigenvalue weighted by Gasteiger charge is -2.14. The summed E-state index contributed by atoms with van der Waals surface area (Å²) in [6, 6.07) is 16.1. The molecule has 2 N–H and O–H groups in total. The van der Waals surface area contributed by atoms with Crippen LogP contribution in [0.4, 0.5) is 11.4 Å². The third kappa shape index (κ3) is 5.73. The second-order valence-electron chi connectivity index (χ2n) is 5.79. The first kappa shape index (κ1) is 19.2. The minimum Gasteiger partial charge on any atom is -0.455 e. The van der Waals surface area contributed by atoms with Gasteiger partial charge in [0.15, 0.2) is 6.61 Å². The Morgan fingerprint density at radius 3 is 2.23 bits per heavy atom. The third-order valence-corrected chi connectivity index (χ3v) is 3.71. The van der Waals surface area contributed by atoms with Gasteiger partial charge in [0.2, 0.25) is 5.91 Å². The van der Waals surface area contributed by atoms with Crippen LogP contribution in [0.1, 0.15) is 31.7 Å². The largest absolute Gasteiger partial charge is 0.455 e. The molecule has 0 heterocycles. The number of carbonyl (C=O) groups excluding carboxylic acids is 3. The average molecular weight is 354 g/mol. The van der Waals surface area contributed by atoms with Gasteiger partial charge in [0.05, 0.1) is 5.92 Å². The van der Waals surface area contributed by atoms with Crippen LogP contribution in [-0.2, 0) is 19.1 Å². The summed E-state index contributed by atoms with van der Waals surface area (Å²) in [7, 11) is 0. The number of hydrogen-bond donors (Lipinski definition) is 2. The number of ether oxygens (including phenoxy) is 1. The molecule has 1 atom stereocenters. The molecule has 136 valence electrons. The summed E-state index contributed by atoms with van der Waals surface area (Å²) in [5.41, 5.74) is 1.94. The second kappa shape index (κ2) is 9.36. The normalized spacial score (nSPS) is 11.3. The van der Waals surface area contributed by atoms with E-state index in [-0.39, 0.29) is 12.5 Å². The van der Waals surface area contributed by atoms with Crippen molar-refractivity contribution in [3.8, 4) is 0 Å². The quantitative estimate of drug-likeness (QED) is 0.747. The highest BCUT2D eigenvalue weighted by atomic mass is 16.5. The van der Waals surface area contributed by atoms with Crippen molar-refractivity contribution in [3.63, 3.8) is 0 Å². The average Bonchev–Trinajstić information content (AvgIpc) is 2.61. The lowest BCUT2D eigenvalue weighted by molar-refractivity contribution is -0.149. The van der Waals surface area contributed by atoms with Gasteiger partial charge in [0, 0.05) is 18.3 Å². The van der Waals surface area contributed by atoms with E-state index in [9.17, 15) is 14.4 Å². The van der Waals surface area contributed by atoms with Crippen molar-refractivity contribution in [2.24, 2.45) is 0 Å². The van der Waals surface area contributed by atoms with Crippen LogP contribution in [0.15, 0.2) is 54.6 Å². The Morgan fingerprint density at radius 2 is 1.62 bits per heavy atom. The number of carbonyl (C=O) groups is 3. The van der Waals surface area contributed by atoms with Crippen LogP contribution < -0.4 is 10.6 Å². The van der Waals surface area contributed by atoms with E-state index < -0.39 is 17.8 Å². The molecule has 0 unspecified atom stereocenters. The molecule has 0 saturated heterocycles. The van der Waals surface area contributed by atoms with E-state index in [4.69, 9.17) is 4.74 Å². The number of anilines is 2. The topological polar surface area (TPSA) is 84.5 Å². The molecule has 2 aromatic carbocycles. The van der Waals surface area contributed by atoms with Crippen LogP contribution in [0, 0.1) is 0 Å². The summed E-state index contributed by atoms with van der Waals surface area (Å²) in [6.07, 6.45) is 0.587. The van der Waals surface area contributed by atoms with Gasteiger partial charge < -0.3 is 15.4 Å². The van der Waals surface area contributed by atoms with Gasteiger partial charge in [0.25, 0.3) is 5.91 Å². The van der Waals surface area contributed by atoms with Crippen molar-refractivity contribution in [1.29, 1.82) is 0 Å². The molecule has 26 heavy (non-hydrogen) atoms. The van der Waals surface area contributed by atoms with Crippen LogP contribution in [0.2, 0.25) is 0 Å². The molecule has 2 aromatic rings. The Morgan fingerprint density at radius 1 is 0.962 bits per heavy atom. The summed E-state index contributed by atoms with van der Waals surface area (Å²) in [5, 5.41) is 5.27. The van der Waals surface area contributed by atoms with Gasteiger partial charge >= 0.3 is 5.97 Å². The molecule has 2 amide bonds. The summed E-state index contributed by atoms with van der Waals surface area (Å²) in [5.74, 6) is -1.47. The molecule has 0 bridgehead atoms. The zero-order valence-corrected chi connectivity index (χ0v) is 14.8. The van der Waals surface area contributed by atoms with Crippen LogP contribution in [0.3, 0.4) is 0 Å². The molecular formula is C20H22N2O4. The number of rotatable bonds is 7. The van der Waals surface area contributed by atoms with Gasteiger partial charge in [-0.1, -0.05) is 43.3 Å². The summed E-state index contributed by atoms with van der Waals surface area (Å²) >= 11 is 0. The summed E-state index contributed by atoms with van der Waals surface area (Å²) in [4.78, 5) is 35.4. The molecule has 2 rings (SSSR count). The van der Waals surface area contributed by atoms with E-state index in [0.29, 0.717) is 17.8 Å². The Kier molecular flexibility index (Phi) is 6.91. The number of nitrogens with one attached hydrogen (secondary N) is 2. The predicted octanol–water partition coefficient (Wildman–Crippen LogP) is 3.32. The van der Waals surface area contributed by atoms with Crippen molar-refractivity contribution >= 4 is 29.2 Å². The second-order valence-corrected chi connectivity index (χ2v) is 5.79. The van der Waals surface area contributed by atoms with Crippen molar-refractivity contribution in [3.05, 3.63) is 60.2 Å². The first-order valence-electron chi connectivity index (χ1n) is 8.38. The first-order valence-corrected chi connectivity index (χ1v) is 8.38. The fourth-order valence-corrected chi connectivity index (χ4v) is 2.54. The van der Waals surface area contributed by atoms with E-state index in [1.54, 1.807) is 24.3 Å². The minimum atomic E-state index is -0.443. The summed E-state index contributed by atoms with van der Waals surface area (Å²) < 4.78 is 5.16. The SMILES string of the molecule is CC[C@@H](C(=O)OCC(=O)Nc1cccc(NC(C)=O)c1)c1ccccc1. The Bertz CT molecular complexity index is 774. The highest BCUT2D eigenvalue weighted by molar-refractivity contribution is 5.95. The van der Waals surface area contributed by atoms with Crippen LogP contribution in [0.5, 0.6) is 0 Å². The van der Waals surface area contributed by atoms with Gasteiger partial charge in [-0.25, -0.2) is 0 Å². The Labute approximate surface area is 152 Å². The number of hydrogen-bond acceptors (Lipinski definition) is 4. The van der Waals surface area contributed by atoms with Gasteiger partial charge in [-0.3, -0.25) is 14.4 Å². The number of benzene rings is 2. The molecule has 0 aromatic heterocycles. The maximum absolute atomic E-state index is 12.3. The zero-order chi connectivity index (χ0) is 18.9. The van der Waals surface area contributed by atoms with Gasteiger partial charge in [0.1, 0.15) is 0 Å². The van der Waals surface area contributed by atoms with E-state index in [1.165, 1.54) is 6.92 Å². The number of esters is 1. The Balaban J connectivity index is 1.90. The fourth-order valence-electron chi connectivity index (χ4n) is 2.54. The molecule has 0 radical (unpaired) electrons. The Hall–Kier alpha value is -3.15. The van der Waals surface area contributed by atoms with E-state index >= 15 is 0 Å². The molecule has 0 saturated carbocycles. The van der Waals surface area contributed by atoms with Crippen LogP contribution in [-0.4, -0.2) is 24.4 Å². The maximum atomic E-state index is 12.3. The van der Waals surface area contributed by atoms with Crippen LogP contribution in [0.25, 0.3) is 0 Å². The fraction of sp³-hybridized carbons (Fsp3) is 0.250. The molecule has 6 heteroatoms. The maximum Gasteiger partial charge on any atom is 0.313 e. The first-order chi connectivity index (χ1) is 12.5. The number of amides is 2. The molecule has 6 nitrogen and oxygen atoms in total. The minimum absolute atomic E-state index is 0.200. The van der Waals surface area contributed by atoms with Crippen LogP contribution >= 0.6 is 0 Å². The third-order valence-electron chi connectivity index (χ3n) is 3.71. The molecular weight excluding hydrogens is 332 g/mol. The lowest BCUT2D eigenvalue weighted by Crippen LogP contribution is -2.24. The molecule has 0 aliphatic rings. The van der Waals surface area contributed by atoms with E-state index in [0.717, 1.165) is 5.56 Å². The highest BCUT2D eigenvalue weighted by Gasteiger charge is 2.20. The van der Waals surface area contributed by atoms with Gasteiger partial charge in [-0.15, -0.1) is 0 Å². The lowest BCUT2D eigenvalue weighted by atomic mass is 9.97. The van der Waals surface area contributed by atoms with Crippen molar-refractivity contribution < 1.29 is 19.1 Å². The molecule has 0 fully saturated rings. The summed E-state index contributed by atoms with van der Waals surface area (Å²) in [6.45, 7) is 2.93. The van der Waals surface area contributed by atoms with Crippen molar-refractivity contribution in [2.45, 2.75) is 26.2 Å². The molecule has 0 aliphatic carbocycles. The molecule has 0 spiro atoms. The highest BCUT2D eigenvalue weighted by Crippen LogP contribution is 2.21. The van der Waals surface area contributed by atoms with Crippen molar-refractivity contribution in [2.75, 3.05) is 17.2 Å².